The van der Waals surface area contributed by atoms with Gasteiger partial charge in [-0.15, -0.1) is 0 Å². The molecule has 0 unspecified atom stereocenters. The maximum Gasteiger partial charge on any atom is 0.416 e. The first-order valence-electron chi connectivity index (χ1n) is 4.35. The van der Waals surface area contributed by atoms with Crippen LogP contribution in [0.3, 0.4) is 0 Å². The quantitative estimate of drug-likeness (QED) is 0.816. The molecule has 2 aromatic rings. The first-order chi connectivity index (χ1) is 7.47. The lowest BCUT2D eigenvalue weighted by molar-refractivity contribution is -0.137. The van der Waals surface area contributed by atoms with Crippen molar-refractivity contribution in [3.8, 4) is 11.5 Å². The van der Waals surface area contributed by atoms with Crippen LogP contribution in [0.5, 0.6) is 0 Å². The van der Waals surface area contributed by atoms with Gasteiger partial charge in [0, 0.05) is 0 Å². The minimum atomic E-state index is -4.45. The van der Waals surface area contributed by atoms with Crippen molar-refractivity contribution < 1.29 is 17.6 Å². The highest BCUT2D eigenvalue weighted by atomic mass is 19.4. The number of hydrogen-bond donors (Lipinski definition) is 1. The van der Waals surface area contributed by atoms with Gasteiger partial charge in [0.05, 0.1) is 11.8 Å². The van der Waals surface area contributed by atoms with Gasteiger partial charge in [-0.05, 0) is 24.3 Å². The summed E-state index contributed by atoms with van der Waals surface area (Å²) in [4.78, 5) is 3.77. The molecule has 6 heteroatoms. The lowest BCUT2D eigenvalue weighted by Gasteiger charge is -2.08. The van der Waals surface area contributed by atoms with Crippen LogP contribution in [0, 0.1) is 0 Å². The maximum atomic E-state index is 12.5. The van der Waals surface area contributed by atoms with Crippen molar-refractivity contribution in [3.63, 3.8) is 0 Å². The van der Waals surface area contributed by atoms with E-state index in [1.807, 2.05) is 0 Å². The van der Waals surface area contributed by atoms with E-state index in [1.165, 1.54) is 12.3 Å². The van der Waals surface area contributed by atoms with E-state index in [2.05, 4.69) is 4.98 Å². The lowest BCUT2D eigenvalue weighted by Crippen LogP contribution is -2.07. The molecule has 0 aliphatic heterocycles. The van der Waals surface area contributed by atoms with Crippen molar-refractivity contribution in [2.24, 2.45) is 0 Å². The van der Waals surface area contributed by atoms with Gasteiger partial charge in [-0.2, -0.15) is 13.2 Å². The summed E-state index contributed by atoms with van der Waals surface area (Å²) in [5.41, 5.74) is 4.54. The van der Waals surface area contributed by atoms with Gasteiger partial charge in [0.2, 0.25) is 0 Å². The molecule has 0 radical (unpaired) electrons. The molecule has 0 saturated carbocycles. The molecule has 0 spiro atoms. The zero-order chi connectivity index (χ0) is 11.8. The van der Waals surface area contributed by atoms with Crippen molar-refractivity contribution in [2.45, 2.75) is 6.18 Å². The molecule has 0 saturated heterocycles. The summed E-state index contributed by atoms with van der Waals surface area (Å²) in [6, 6.07) is 4.76. The minimum absolute atomic E-state index is 0.0670. The molecule has 3 nitrogen and oxygen atoms in total. The van der Waals surface area contributed by atoms with Gasteiger partial charge in [0.1, 0.15) is 11.5 Å². The molecule has 0 atom stereocenters. The van der Waals surface area contributed by atoms with E-state index >= 15 is 0 Å². The van der Waals surface area contributed by atoms with Gasteiger partial charge in [0.25, 0.3) is 0 Å². The molecule has 84 valence electrons. The molecule has 2 aromatic heterocycles. The summed E-state index contributed by atoms with van der Waals surface area (Å²) >= 11 is 0. The van der Waals surface area contributed by atoms with Gasteiger partial charge in [0.15, 0.2) is 5.76 Å². The van der Waals surface area contributed by atoms with Crippen LogP contribution < -0.4 is 5.73 Å². The van der Waals surface area contributed by atoms with Gasteiger partial charge in [-0.1, -0.05) is 0 Å². The number of alkyl halides is 3. The molecule has 2 rings (SSSR count). The lowest BCUT2D eigenvalue weighted by atomic mass is 10.2. The highest BCUT2D eigenvalue weighted by Crippen LogP contribution is 2.32. The smallest absolute Gasteiger partial charge is 0.416 e. The van der Waals surface area contributed by atoms with E-state index in [1.54, 1.807) is 6.07 Å². The molecule has 0 amide bonds. The average molecular weight is 228 g/mol. The summed E-state index contributed by atoms with van der Waals surface area (Å²) in [5.74, 6) is 0.0547. The van der Waals surface area contributed by atoms with Gasteiger partial charge in [-0.3, -0.25) is 0 Å². The fourth-order valence-corrected chi connectivity index (χ4v) is 1.27. The fraction of sp³-hybridized carbons (Fsp3) is 0.100. The van der Waals surface area contributed by atoms with Crippen molar-refractivity contribution in [1.29, 1.82) is 0 Å². The third kappa shape index (κ3) is 2.00. The number of aromatic nitrogens is 1. The molecule has 2 heterocycles. The molecular formula is C10H7F3N2O. The highest BCUT2D eigenvalue weighted by Gasteiger charge is 2.31. The van der Waals surface area contributed by atoms with E-state index in [4.69, 9.17) is 10.2 Å². The molecule has 16 heavy (non-hydrogen) atoms. The largest absolute Gasteiger partial charge is 0.463 e. The maximum absolute atomic E-state index is 12.5. The zero-order valence-electron chi connectivity index (χ0n) is 7.95. The number of rotatable bonds is 1. The van der Waals surface area contributed by atoms with Crippen LogP contribution in [0.15, 0.2) is 34.9 Å². The second-order valence-electron chi connectivity index (χ2n) is 3.14. The molecule has 0 fully saturated rings. The van der Waals surface area contributed by atoms with Gasteiger partial charge < -0.3 is 10.2 Å². The van der Waals surface area contributed by atoms with Crippen molar-refractivity contribution in [3.05, 3.63) is 36.1 Å². The van der Waals surface area contributed by atoms with Crippen molar-refractivity contribution in [2.75, 3.05) is 5.73 Å². The number of pyridine rings is 1. The van der Waals surface area contributed by atoms with Gasteiger partial charge in [-0.25, -0.2) is 4.98 Å². The van der Waals surface area contributed by atoms with Crippen LogP contribution in [0.25, 0.3) is 11.5 Å². The van der Waals surface area contributed by atoms with E-state index < -0.39 is 11.7 Å². The number of hydrogen-bond acceptors (Lipinski definition) is 3. The third-order valence-electron chi connectivity index (χ3n) is 1.95. The molecular weight excluding hydrogens is 221 g/mol. The predicted octanol–water partition coefficient (Wildman–Crippen LogP) is 2.94. The topological polar surface area (TPSA) is 52.0 Å². The molecule has 2 N–H and O–H groups in total. The van der Waals surface area contributed by atoms with Crippen molar-refractivity contribution in [1.82, 2.24) is 4.98 Å². The van der Waals surface area contributed by atoms with Crippen molar-refractivity contribution >= 4 is 5.82 Å². The Morgan fingerprint density at radius 2 is 2.00 bits per heavy atom. The summed E-state index contributed by atoms with van der Waals surface area (Å²) in [5, 5.41) is 0. The standard InChI is InChI=1S/C10H7F3N2O/c11-10(12,13)6-4-7(15-9(14)5-6)8-2-1-3-16-8/h1-5H,(H2,14,15). The fourth-order valence-electron chi connectivity index (χ4n) is 1.27. The Labute approximate surface area is 88.7 Å². The van der Waals surface area contributed by atoms with Crippen LogP contribution in [0.2, 0.25) is 0 Å². The molecule has 0 aliphatic carbocycles. The Morgan fingerprint density at radius 1 is 1.25 bits per heavy atom. The van der Waals surface area contributed by atoms with Gasteiger partial charge >= 0.3 is 6.18 Å². The summed E-state index contributed by atoms with van der Waals surface area (Å²) < 4.78 is 42.4. The Bertz CT molecular complexity index is 491. The van der Waals surface area contributed by atoms with E-state index in [9.17, 15) is 13.2 Å². The molecule has 0 bridgehead atoms. The number of halogens is 3. The Kier molecular flexibility index (Phi) is 2.34. The Morgan fingerprint density at radius 3 is 2.56 bits per heavy atom. The normalized spacial score (nSPS) is 11.7. The number of nitrogen functional groups attached to an aromatic ring is 1. The Balaban J connectivity index is 2.53. The summed E-state index contributed by atoms with van der Waals surface area (Å²) in [7, 11) is 0. The van der Waals surface area contributed by atoms with E-state index in [0.717, 1.165) is 12.1 Å². The van der Waals surface area contributed by atoms with E-state index in [0.29, 0.717) is 0 Å². The highest BCUT2D eigenvalue weighted by molar-refractivity contribution is 5.56. The van der Waals surface area contributed by atoms with Crippen LogP contribution >= 0.6 is 0 Å². The second-order valence-corrected chi connectivity index (χ2v) is 3.14. The third-order valence-corrected chi connectivity index (χ3v) is 1.95. The number of anilines is 1. The second kappa shape index (κ2) is 3.55. The minimum Gasteiger partial charge on any atom is -0.463 e. The monoisotopic (exact) mass is 228 g/mol. The van der Waals surface area contributed by atoms with Crippen LogP contribution in [0.4, 0.5) is 19.0 Å². The average Bonchev–Trinajstić information content (AvgIpc) is 2.68. The Hall–Kier alpha value is -1.98. The molecule has 0 aliphatic rings. The summed E-state index contributed by atoms with van der Waals surface area (Å²) in [6.07, 6.45) is -3.09. The van der Waals surface area contributed by atoms with E-state index in [-0.39, 0.29) is 17.3 Å². The first kappa shape index (κ1) is 10.5. The molecule has 0 aromatic carbocycles. The summed E-state index contributed by atoms with van der Waals surface area (Å²) in [6.45, 7) is 0. The SMILES string of the molecule is Nc1cc(C(F)(F)F)cc(-c2ccco2)n1. The van der Waals surface area contributed by atoms with Crippen LogP contribution in [-0.2, 0) is 6.18 Å². The number of nitrogens with two attached hydrogens (primary N) is 1. The number of furan rings is 1. The van der Waals surface area contributed by atoms with Crippen LogP contribution in [-0.4, -0.2) is 4.98 Å². The zero-order valence-corrected chi connectivity index (χ0v) is 7.95. The predicted molar refractivity (Wildman–Crippen MR) is 51.4 cm³/mol. The first-order valence-corrected chi connectivity index (χ1v) is 4.35. The number of nitrogens with zero attached hydrogens (tertiary/aromatic N) is 1. The van der Waals surface area contributed by atoms with Crippen LogP contribution in [0.1, 0.15) is 5.56 Å².